The van der Waals surface area contributed by atoms with Crippen molar-refractivity contribution in [2.75, 3.05) is 37.7 Å². The highest BCUT2D eigenvalue weighted by Crippen LogP contribution is 2.32. The number of amides is 1. The molecule has 6 nitrogen and oxygen atoms in total. The normalized spacial score (nSPS) is 22.1. The van der Waals surface area contributed by atoms with Gasteiger partial charge in [0.05, 0.1) is 18.8 Å². The zero-order valence-corrected chi connectivity index (χ0v) is 16.5. The number of morpholine rings is 1. The standard InChI is InChI=1S/C22H27N3O3/c1-16-12-18-6-3-4-7-20(18)25(16)22(26)14-24-10-11-27-19(13-24)15-28-21-8-5-9-23-17(21)2/h3-9,16,19H,10-15H2,1-2H3/t16?,19-/m1/s1. The van der Waals surface area contributed by atoms with Gasteiger partial charge in [0.25, 0.3) is 0 Å². The molecule has 1 unspecified atom stereocenters. The van der Waals surface area contributed by atoms with Gasteiger partial charge in [-0.25, -0.2) is 0 Å². The SMILES string of the molecule is Cc1ncccc1OC[C@H]1CN(CC(=O)N2c3ccccc3CC2C)CCO1. The summed E-state index contributed by atoms with van der Waals surface area (Å²) in [5, 5.41) is 0. The Kier molecular flexibility index (Phi) is 5.59. The van der Waals surface area contributed by atoms with E-state index in [1.807, 2.05) is 42.2 Å². The van der Waals surface area contributed by atoms with E-state index in [1.165, 1.54) is 5.56 Å². The van der Waals surface area contributed by atoms with Crippen LogP contribution in [-0.4, -0.2) is 60.8 Å². The lowest BCUT2D eigenvalue weighted by Crippen LogP contribution is -2.50. The third kappa shape index (κ3) is 4.03. The largest absolute Gasteiger partial charge is 0.489 e. The average Bonchev–Trinajstić information content (AvgIpc) is 3.03. The van der Waals surface area contributed by atoms with Crippen LogP contribution in [-0.2, 0) is 16.0 Å². The van der Waals surface area contributed by atoms with Gasteiger partial charge in [0, 0.05) is 31.0 Å². The first-order valence-electron chi connectivity index (χ1n) is 9.90. The minimum Gasteiger partial charge on any atom is -0.489 e. The second-order valence-electron chi connectivity index (χ2n) is 7.57. The first-order chi connectivity index (χ1) is 13.6. The quantitative estimate of drug-likeness (QED) is 0.796. The van der Waals surface area contributed by atoms with E-state index in [9.17, 15) is 4.79 Å². The van der Waals surface area contributed by atoms with Gasteiger partial charge in [0.2, 0.25) is 5.91 Å². The number of fused-ring (bicyclic) bond motifs is 1. The third-order valence-electron chi connectivity index (χ3n) is 5.44. The highest BCUT2D eigenvalue weighted by Gasteiger charge is 2.32. The molecule has 4 rings (SSSR count). The van der Waals surface area contributed by atoms with E-state index in [-0.39, 0.29) is 18.1 Å². The van der Waals surface area contributed by atoms with E-state index in [4.69, 9.17) is 9.47 Å². The van der Waals surface area contributed by atoms with E-state index in [0.29, 0.717) is 26.3 Å². The van der Waals surface area contributed by atoms with E-state index in [2.05, 4.69) is 22.9 Å². The number of ether oxygens (including phenoxy) is 2. The molecule has 2 aromatic rings. The predicted octanol–water partition coefficient (Wildman–Crippen LogP) is 2.45. The summed E-state index contributed by atoms with van der Waals surface area (Å²) in [5.41, 5.74) is 3.18. The molecular formula is C22H27N3O3. The Morgan fingerprint density at radius 3 is 3.00 bits per heavy atom. The van der Waals surface area contributed by atoms with Crippen LogP contribution in [0.3, 0.4) is 0 Å². The second kappa shape index (κ2) is 8.29. The summed E-state index contributed by atoms with van der Waals surface area (Å²) in [5.74, 6) is 0.934. The summed E-state index contributed by atoms with van der Waals surface area (Å²) in [6, 6.07) is 12.2. The van der Waals surface area contributed by atoms with Crippen molar-refractivity contribution >= 4 is 11.6 Å². The Morgan fingerprint density at radius 2 is 2.14 bits per heavy atom. The molecule has 0 aliphatic carbocycles. The van der Waals surface area contributed by atoms with E-state index < -0.39 is 0 Å². The van der Waals surface area contributed by atoms with Gasteiger partial charge in [-0.1, -0.05) is 18.2 Å². The predicted molar refractivity (Wildman–Crippen MR) is 108 cm³/mol. The average molecular weight is 381 g/mol. The highest BCUT2D eigenvalue weighted by atomic mass is 16.5. The van der Waals surface area contributed by atoms with Crippen LogP contribution in [0.15, 0.2) is 42.6 Å². The molecule has 0 N–H and O–H groups in total. The molecule has 1 amide bonds. The fourth-order valence-corrected chi connectivity index (χ4v) is 4.04. The molecule has 6 heteroatoms. The third-order valence-corrected chi connectivity index (χ3v) is 5.44. The molecule has 1 aromatic carbocycles. The number of carbonyl (C=O) groups is 1. The van der Waals surface area contributed by atoms with E-state index >= 15 is 0 Å². The summed E-state index contributed by atoms with van der Waals surface area (Å²) in [4.78, 5) is 21.4. The minimum absolute atomic E-state index is 0.0514. The number of carbonyl (C=O) groups excluding carboxylic acids is 1. The Morgan fingerprint density at radius 1 is 1.29 bits per heavy atom. The molecule has 3 heterocycles. The summed E-state index contributed by atoms with van der Waals surface area (Å²) >= 11 is 0. The van der Waals surface area contributed by atoms with Crippen molar-refractivity contribution in [3.63, 3.8) is 0 Å². The molecule has 0 saturated carbocycles. The van der Waals surface area contributed by atoms with Gasteiger partial charge in [-0.15, -0.1) is 0 Å². The maximum Gasteiger partial charge on any atom is 0.241 e. The number of para-hydroxylation sites is 1. The molecule has 0 spiro atoms. The molecule has 2 aliphatic heterocycles. The number of rotatable bonds is 5. The molecule has 1 fully saturated rings. The monoisotopic (exact) mass is 381 g/mol. The topological polar surface area (TPSA) is 54.9 Å². The molecule has 28 heavy (non-hydrogen) atoms. The first-order valence-corrected chi connectivity index (χ1v) is 9.90. The zero-order chi connectivity index (χ0) is 19.5. The highest BCUT2D eigenvalue weighted by molar-refractivity contribution is 5.97. The molecule has 2 aliphatic rings. The molecule has 0 bridgehead atoms. The smallest absolute Gasteiger partial charge is 0.241 e. The van der Waals surface area contributed by atoms with Crippen molar-refractivity contribution in [2.45, 2.75) is 32.4 Å². The number of hydrogen-bond acceptors (Lipinski definition) is 5. The number of aryl methyl sites for hydroxylation is 1. The van der Waals surface area contributed by atoms with Gasteiger partial charge in [-0.3, -0.25) is 14.7 Å². The Labute approximate surface area is 166 Å². The summed E-state index contributed by atoms with van der Waals surface area (Å²) in [6.45, 7) is 6.97. The Balaban J connectivity index is 1.34. The maximum atomic E-state index is 13.0. The number of benzene rings is 1. The zero-order valence-electron chi connectivity index (χ0n) is 16.5. The van der Waals surface area contributed by atoms with Crippen LogP contribution < -0.4 is 9.64 Å². The number of aromatic nitrogens is 1. The molecule has 0 radical (unpaired) electrons. The van der Waals surface area contributed by atoms with Crippen molar-refractivity contribution in [1.82, 2.24) is 9.88 Å². The van der Waals surface area contributed by atoms with Crippen molar-refractivity contribution in [3.05, 3.63) is 53.9 Å². The van der Waals surface area contributed by atoms with Crippen molar-refractivity contribution in [3.8, 4) is 5.75 Å². The summed E-state index contributed by atoms with van der Waals surface area (Å²) < 4.78 is 11.7. The van der Waals surface area contributed by atoms with E-state index in [0.717, 1.165) is 30.1 Å². The lowest BCUT2D eigenvalue weighted by Gasteiger charge is -2.34. The molecule has 1 saturated heterocycles. The van der Waals surface area contributed by atoms with Crippen LogP contribution >= 0.6 is 0 Å². The lowest BCUT2D eigenvalue weighted by molar-refractivity contribution is -0.122. The van der Waals surface area contributed by atoms with Gasteiger partial charge < -0.3 is 14.4 Å². The fourth-order valence-electron chi connectivity index (χ4n) is 4.04. The summed E-state index contributed by atoms with van der Waals surface area (Å²) in [7, 11) is 0. The van der Waals surface area contributed by atoms with Gasteiger partial charge in [0.1, 0.15) is 18.5 Å². The van der Waals surface area contributed by atoms with Crippen LogP contribution in [0.2, 0.25) is 0 Å². The van der Waals surface area contributed by atoms with Crippen LogP contribution in [0.5, 0.6) is 5.75 Å². The number of nitrogens with zero attached hydrogens (tertiary/aromatic N) is 3. The van der Waals surface area contributed by atoms with Crippen molar-refractivity contribution in [2.24, 2.45) is 0 Å². The summed E-state index contributed by atoms with van der Waals surface area (Å²) in [6.07, 6.45) is 2.63. The Hall–Kier alpha value is -2.44. The van der Waals surface area contributed by atoms with Crippen molar-refractivity contribution < 1.29 is 14.3 Å². The van der Waals surface area contributed by atoms with Crippen LogP contribution in [0, 0.1) is 6.92 Å². The van der Waals surface area contributed by atoms with Gasteiger partial charge in [0.15, 0.2) is 0 Å². The fraction of sp³-hybridized carbons (Fsp3) is 0.455. The van der Waals surface area contributed by atoms with Crippen molar-refractivity contribution in [1.29, 1.82) is 0 Å². The first kappa shape index (κ1) is 18.9. The maximum absolute atomic E-state index is 13.0. The van der Waals surface area contributed by atoms with Gasteiger partial charge in [-0.2, -0.15) is 0 Å². The molecular weight excluding hydrogens is 354 g/mol. The second-order valence-corrected chi connectivity index (χ2v) is 7.57. The number of hydrogen-bond donors (Lipinski definition) is 0. The molecule has 1 aromatic heterocycles. The van der Waals surface area contributed by atoms with Gasteiger partial charge >= 0.3 is 0 Å². The number of anilines is 1. The molecule has 148 valence electrons. The van der Waals surface area contributed by atoms with Crippen LogP contribution in [0.1, 0.15) is 18.2 Å². The van der Waals surface area contributed by atoms with Crippen LogP contribution in [0.25, 0.3) is 0 Å². The van der Waals surface area contributed by atoms with E-state index in [1.54, 1.807) is 6.20 Å². The van der Waals surface area contributed by atoms with Crippen LogP contribution in [0.4, 0.5) is 5.69 Å². The lowest BCUT2D eigenvalue weighted by atomic mass is 10.1. The Bertz CT molecular complexity index is 841. The minimum atomic E-state index is -0.0514. The number of pyridine rings is 1. The van der Waals surface area contributed by atoms with Gasteiger partial charge in [-0.05, 0) is 44.0 Å². The molecule has 2 atom stereocenters.